The molecule has 180 valence electrons. The summed E-state index contributed by atoms with van der Waals surface area (Å²) in [5, 5.41) is 21.0. The Bertz CT molecular complexity index is 1470. The number of carbonyl (C=O) groups is 1. The summed E-state index contributed by atoms with van der Waals surface area (Å²) in [6, 6.07) is 16.6. The molecule has 0 fully saturated rings. The van der Waals surface area contributed by atoms with E-state index in [4.69, 9.17) is 9.47 Å². The number of carboxylic acid groups (broad SMARTS) is 1. The molecule has 1 atom stereocenters. The summed E-state index contributed by atoms with van der Waals surface area (Å²) in [4.78, 5) is 11.4. The van der Waals surface area contributed by atoms with Crippen LogP contribution in [0, 0.1) is 5.82 Å². The van der Waals surface area contributed by atoms with E-state index >= 15 is 0 Å². The van der Waals surface area contributed by atoms with E-state index in [0.29, 0.717) is 17.7 Å². The van der Waals surface area contributed by atoms with Gasteiger partial charge in [-0.15, -0.1) is 0 Å². The summed E-state index contributed by atoms with van der Waals surface area (Å²) in [7, 11) is 1.42. The van der Waals surface area contributed by atoms with Crippen LogP contribution in [-0.2, 0) is 15.8 Å². The molecule has 0 aliphatic carbocycles. The lowest BCUT2D eigenvalue weighted by atomic mass is 9.75. The largest absolute Gasteiger partial charge is 0.507 e. The van der Waals surface area contributed by atoms with Gasteiger partial charge in [-0.1, -0.05) is 32.0 Å². The molecular formula is C28H26FNO5. The van der Waals surface area contributed by atoms with E-state index in [2.05, 4.69) is 13.8 Å². The number of phenolic OH excluding ortho intramolecular Hbond substituents is 1. The number of ether oxygens (including phenoxy) is 2. The van der Waals surface area contributed by atoms with Gasteiger partial charge in [-0.25, -0.2) is 9.18 Å². The fourth-order valence-electron chi connectivity index (χ4n) is 5.11. The van der Waals surface area contributed by atoms with Crippen molar-refractivity contribution in [2.45, 2.75) is 31.8 Å². The van der Waals surface area contributed by atoms with Crippen molar-refractivity contribution in [1.29, 1.82) is 0 Å². The third-order valence-corrected chi connectivity index (χ3v) is 6.89. The molecule has 0 amide bonds. The summed E-state index contributed by atoms with van der Waals surface area (Å²) in [6.07, 6.45) is 0. The number of phenols is 1. The molecule has 0 saturated carbocycles. The molecule has 0 saturated heterocycles. The van der Waals surface area contributed by atoms with Gasteiger partial charge in [0.05, 0.1) is 24.8 Å². The van der Waals surface area contributed by atoms with Crippen molar-refractivity contribution in [3.8, 4) is 17.2 Å². The highest BCUT2D eigenvalue weighted by atomic mass is 19.1. The lowest BCUT2D eigenvalue weighted by Crippen LogP contribution is -2.43. The summed E-state index contributed by atoms with van der Waals surface area (Å²) in [5.74, 6) is -1.25. The van der Waals surface area contributed by atoms with Gasteiger partial charge in [-0.2, -0.15) is 0 Å². The van der Waals surface area contributed by atoms with Crippen LogP contribution in [0.3, 0.4) is 0 Å². The van der Waals surface area contributed by atoms with Gasteiger partial charge in [0.1, 0.15) is 11.4 Å². The molecule has 6 nitrogen and oxygen atoms in total. The van der Waals surface area contributed by atoms with Gasteiger partial charge < -0.3 is 24.3 Å². The molecule has 7 heteroatoms. The number of fused-ring (bicyclic) bond motifs is 3. The maximum absolute atomic E-state index is 14.3. The molecule has 1 aromatic heterocycles. The highest BCUT2D eigenvalue weighted by Crippen LogP contribution is 2.52. The quantitative estimate of drug-likeness (QED) is 0.393. The summed E-state index contributed by atoms with van der Waals surface area (Å²) in [6.45, 7) is 6.42. The summed E-state index contributed by atoms with van der Waals surface area (Å²) in [5.41, 5.74) is 2.63. The monoisotopic (exact) mass is 475 g/mol. The maximum atomic E-state index is 14.3. The summed E-state index contributed by atoms with van der Waals surface area (Å²) < 4.78 is 28.1. The van der Waals surface area contributed by atoms with Gasteiger partial charge >= 0.3 is 5.97 Å². The van der Waals surface area contributed by atoms with Crippen molar-refractivity contribution in [3.05, 3.63) is 88.9 Å². The standard InChI is InChI=1S/C28H26FNO5/c1-27(2)15-35-28(3,17-10-8-16(9-11-17)26(32)33)24-23-20(6-5-7-21(23)31)30(25(24)27)18-12-13-19(29)22(14-18)34-4/h5-14,31H,15H2,1-4H3,(H,32,33). The third-order valence-electron chi connectivity index (χ3n) is 6.89. The van der Waals surface area contributed by atoms with E-state index in [0.717, 1.165) is 22.3 Å². The van der Waals surface area contributed by atoms with Crippen molar-refractivity contribution >= 4 is 16.9 Å². The zero-order chi connectivity index (χ0) is 25.1. The number of aromatic carboxylic acids is 1. The van der Waals surface area contributed by atoms with Crippen molar-refractivity contribution in [2.75, 3.05) is 13.7 Å². The molecule has 2 heterocycles. The molecule has 5 rings (SSSR count). The predicted octanol–water partition coefficient (Wildman–Crippen LogP) is 5.75. The molecule has 1 aliphatic rings. The lowest BCUT2D eigenvalue weighted by Gasteiger charge is -2.43. The van der Waals surface area contributed by atoms with Crippen LogP contribution in [0.1, 0.15) is 48.0 Å². The van der Waals surface area contributed by atoms with Crippen molar-refractivity contribution in [3.63, 3.8) is 0 Å². The van der Waals surface area contributed by atoms with Crippen LogP contribution in [-0.4, -0.2) is 34.5 Å². The molecule has 2 N–H and O–H groups in total. The van der Waals surface area contributed by atoms with Crippen LogP contribution in [0.5, 0.6) is 11.5 Å². The van der Waals surface area contributed by atoms with Gasteiger partial charge in [0.15, 0.2) is 11.6 Å². The Morgan fingerprint density at radius 3 is 2.46 bits per heavy atom. The smallest absolute Gasteiger partial charge is 0.335 e. The number of hydrogen-bond donors (Lipinski definition) is 2. The molecule has 3 aromatic carbocycles. The minimum Gasteiger partial charge on any atom is -0.507 e. The molecule has 0 radical (unpaired) electrons. The van der Waals surface area contributed by atoms with E-state index < -0.39 is 22.8 Å². The molecule has 1 unspecified atom stereocenters. The van der Waals surface area contributed by atoms with E-state index in [1.54, 1.807) is 48.5 Å². The Morgan fingerprint density at radius 1 is 1.09 bits per heavy atom. The van der Waals surface area contributed by atoms with Crippen molar-refractivity contribution < 1.29 is 28.9 Å². The van der Waals surface area contributed by atoms with Gasteiger partial charge in [0.25, 0.3) is 0 Å². The van der Waals surface area contributed by atoms with Gasteiger partial charge in [0.2, 0.25) is 0 Å². The Balaban J connectivity index is 1.88. The molecule has 1 aliphatic heterocycles. The fraction of sp³-hybridized carbons (Fsp3) is 0.250. The molecule has 4 aromatic rings. The molecular weight excluding hydrogens is 449 g/mol. The second-order valence-electron chi connectivity index (χ2n) is 9.64. The SMILES string of the molecule is COc1cc(-n2c3c(c4c(O)cccc42)C(C)(c2ccc(C(=O)O)cc2)OCC3(C)C)ccc1F. The molecule has 35 heavy (non-hydrogen) atoms. The number of rotatable bonds is 4. The Hall–Kier alpha value is -3.84. The fourth-order valence-corrected chi connectivity index (χ4v) is 5.11. The summed E-state index contributed by atoms with van der Waals surface area (Å²) >= 11 is 0. The van der Waals surface area contributed by atoms with Crippen LogP contribution in [0.4, 0.5) is 4.39 Å². The topological polar surface area (TPSA) is 80.9 Å². The first kappa shape index (κ1) is 22.9. The zero-order valence-corrected chi connectivity index (χ0v) is 19.9. The Morgan fingerprint density at radius 2 is 1.80 bits per heavy atom. The first-order chi connectivity index (χ1) is 16.6. The van der Waals surface area contributed by atoms with Crippen LogP contribution in [0.2, 0.25) is 0 Å². The number of benzene rings is 3. The highest BCUT2D eigenvalue weighted by Gasteiger charge is 2.47. The van der Waals surface area contributed by atoms with Crippen molar-refractivity contribution in [1.82, 2.24) is 4.57 Å². The average Bonchev–Trinajstić information content (AvgIpc) is 3.21. The van der Waals surface area contributed by atoms with Gasteiger partial charge in [-0.3, -0.25) is 0 Å². The number of halogens is 1. The van der Waals surface area contributed by atoms with E-state index in [1.807, 2.05) is 17.6 Å². The second kappa shape index (κ2) is 7.85. The Labute approximate surface area is 202 Å². The van der Waals surface area contributed by atoms with Crippen molar-refractivity contribution in [2.24, 2.45) is 0 Å². The Kier molecular flexibility index (Phi) is 5.14. The van der Waals surface area contributed by atoms with Crippen LogP contribution < -0.4 is 4.74 Å². The first-order valence-corrected chi connectivity index (χ1v) is 11.3. The molecule has 0 spiro atoms. The van der Waals surface area contributed by atoms with Crippen LogP contribution in [0.15, 0.2) is 60.7 Å². The third kappa shape index (κ3) is 3.38. The first-order valence-electron chi connectivity index (χ1n) is 11.3. The average molecular weight is 476 g/mol. The van der Waals surface area contributed by atoms with Crippen LogP contribution >= 0.6 is 0 Å². The zero-order valence-electron chi connectivity index (χ0n) is 19.9. The lowest BCUT2D eigenvalue weighted by molar-refractivity contribution is -0.0437. The number of aromatic nitrogens is 1. The number of carboxylic acids is 1. The van der Waals surface area contributed by atoms with E-state index in [1.165, 1.54) is 13.2 Å². The minimum atomic E-state index is -1.01. The number of aromatic hydroxyl groups is 1. The van der Waals surface area contributed by atoms with E-state index in [9.17, 15) is 19.4 Å². The highest BCUT2D eigenvalue weighted by molar-refractivity contribution is 5.94. The van der Waals surface area contributed by atoms with Gasteiger partial charge in [-0.05, 0) is 48.9 Å². The predicted molar refractivity (Wildman–Crippen MR) is 130 cm³/mol. The number of hydrogen-bond acceptors (Lipinski definition) is 4. The minimum absolute atomic E-state index is 0.0984. The van der Waals surface area contributed by atoms with Crippen LogP contribution in [0.25, 0.3) is 16.6 Å². The maximum Gasteiger partial charge on any atom is 0.335 e. The number of nitrogens with zero attached hydrogens (tertiary/aromatic N) is 1. The second-order valence-corrected chi connectivity index (χ2v) is 9.64. The molecule has 0 bridgehead atoms. The normalized spacial score (nSPS) is 18.9. The number of methoxy groups -OCH3 is 1. The van der Waals surface area contributed by atoms with Gasteiger partial charge in [0, 0.05) is 33.8 Å². The van der Waals surface area contributed by atoms with E-state index in [-0.39, 0.29) is 17.1 Å².